The Labute approximate surface area is 138 Å². The number of carbonyl (C=O) groups is 2. The number of imidazole rings is 1. The van der Waals surface area contributed by atoms with Crippen LogP contribution in [-0.2, 0) is 11.8 Å². The normalized spacial score (nSPS) is 15.7. The molecule has 0 spiro atoms. The van der Waals surface area contributed by atoms with E-state index in [0.717, 1.165) is 17.1 Å². The molecule has 1 fully saturated rings. The fourth-order valence-electron chi connectivity index (χ4n) is 2.55. The van der Waals surface area contributed by atoms with E-state index in [2.05, 4.69) is 10.3 Å². The van der Waals surface area contributed by atoms with Gasteiger partial charge in [0.15, 0.2) is 0 Å². The van der Waals surface area contributed by atoms with Crippen molar-refractivity contribution in [2.75, 3.05) is 18.8 Å². The van der Waals surface area contributed by atoms with E-state index in [0.29, 0.717) is 6.54 Å². The highest BCUT2D eigenvalue weighted by Crippen LogP contribution is 2.21. The molecule has 0 bridgehead atoms. The maximum atomic E-state index is 12.4. The lowest BCUT2D eigenvalue weighted by molar-refractivity contribution is -0.122. The molecule has 6 nitrogen and oxygen atoms in total. The average molecular weight is 330 g/mol. The Morgan fingerprint density at radius 1 is 1.39 bits per heavy atom. The molecule has 1 saturated heterocycles. The van der Waals surface area contributed by atoms with Gasteiger partial charge in [0, 0.05) is 31.7 Å². The molecule has 3 rings (SSSR count). The predicted molar refractivity (Wildman–Crippen MR) is 89.1 cm³/mol. The first kappa shape index (κ1) is 15.6. The van der Waals surface area contributed by atoms with Crippen LogP contribution in [0.4, 0.5) is 4.79 Å². The summed E-state index contributed by atoms with van der Waals surface area (Å²) in [6.45, 7) is 0.703. The minimum Gasteiger partial charge on any atom is -0.341 e. The Balaban J connectivity index is 1.78. The number of nitrogens with zero attached hydrogens (tertiary/aromatic N) is 3. The van der Waals surface area contributed by atoms with Crippen LogP contribution in [-0.4, -0.2) is 44.4 Å². The molecule has 0 radical (unpaired) electrons. The van der Waals surface area contributed by atoms with Gasteiger partial charge in [-0.1, -0.05) is 42.1 Å². The minimum atomic E-state index is -0.339. The standard InChI is InChI=1S/C16H18N4O2S/c1-19-8-7-17-15(19)14(12-5-3-2-4-6-12)18-13(21)11-20-9-10-23-16(20)22/h2-8,14H,9-11H2,1H3,(H,18,21). The van der Waals surface area contributed by atoms with Crippen LogP contribution in [0.3, 0.4) is 0 Å². The topological polar surface area (TPSA) is 67.2 Å². The molecule has 1 aromatic heterocycles. The molecule has 1 aliphatic rings. The summed E-state index contributed by atoms with van der Waals surface area (Å²) in [5.41, 5.74) is 0.956. The van der Waals surface area contributed by atoms with E-state index in [4.69, 9.17) is 0 Å². The number of aromatic nitrogens is 2. The molecule has 23 heavy (non-hydrogen) atoms. The molecule has 1 aromatic carbocycles. The first-order valence-electron chi connectivity index (χ1n) is 7.38. The molecule has 0 saturated carbocycles. The van der Waals surface area contributed by atoms with Gasteiger partial charge < -0.3 is 14.8 Å². The van der Waals surface area contributed by atoms with Crippen LogP contribution in [0.1, 0.15) is 17.4 Å². The molecular formula is C16H18N4O2S. The number of carbonyl (C=O) groups excluding carboxylic acids is 2. The second-order valence-corrected chi connectivity index (χ2v) is 6.39. The number of thioether (sulfide) groups is 1. The summed E-state index contributed by atoms with van der Waals surface area (Å²) in [4.78, 5) is 30.0. The van der Waals surface area contributed by atoms with Gasteiger partial charge >= 0.3 is 0 Å². The van der Waals surface area contributed by atoms with Crippen LogP contribution in [0.15, 0.2) is 42.7 Å². The zero-order valence-electron chi connectivity index (χ0n) is 12.8. The monoisotopic (exact) mass is 330 g/mol. The summed E-state index contributed by atoms with van der Waals surface area (Å²) in [7, 11) is 1.89. The highest BCUT2D eigenvalue weighted by Gasteiger charge is 2.26. The van der Waals surface area contributed by atoms with Crippen molar-refractivity contribution in [2.24, 2.45) is 7.05 Å². The smallest absolute Gasteiger partial charge is 0.282 e. The van der Waals surface area contributed by atoms with Crippen LogP contribution < -0.4 is 5.32 Å². The Kier molecular flexibility index (Phi) is 4.66. The van der Waals surface area contributed by atoms with Gasteiger partial charge in [0.2, 0.25) is 5.91 Å². The zero-order chi connectivity index (χ0) is 16.2. The third-order valence-corrected chi connectivity index (χ3v) is 4.63. The van der Waals surface area contributed by atoms with Crippen molar-refractivity contribution < 1.29 is 9.59 Å². The van der Waals surface area contributed by atoms with E-state index in [1.807, 2.05) is 48.1 Å². The number of hydrogen-bond donors (Lipinski definition) is 1. The van der Waals surface area contributed by atoms with Crippen LogP contribution in [0.2, 0.25) is 0 Å². The maximum Gasteiger partial charge on any atom is 0.282 e. The van der Waals surface area contributed by atoms with Gasteiger partial charge in [-0.05, 0) is 5.56 Å². The highest BCUT2D eigenvalue weighted by molar-refractivity contribution is 8.13. The number of benzene rings is 1. The summed E-state index contributed by atoms with van der Waals surface area (Å²) < 4.78 is 1.88. The number of rotatable bonds is 5. The van der Waals surface area contributed by atoms with Crippen molar-refractivity contribution in [3.63, 3.8) is 0 Å². The fourth-order valence-corrected chi connectivity index (χ4v) is 3.37. The van der Waals surface area contributed by atoms with Crippen molar-refractivity contribution in [3.05, 3.63) is 54.1 Å². The van der Waals surface area contributed by atoms with E-state index in [9.17, 15) is 9.59 Å². The molecule has 2 amide bonds. The average Bonchev–Trinajstić information content (AvgIpc) is 3.15. The summed E-state index contributed by atoms with van der Waals surface area (Å²) in [5, 5.41) is 2.96. The summed E-state index contributed by atoms with van der Waals surface area (Å²) in [6, 6.07) is 9.36. The van der Waals surface area contributed by atoms with E-state index >= 15 is 0 Å². The summed E-state index contributed by atoms with van der Waals surface area (Å²) in [5.74, 6) is 1.32. The second-order valence-electron chi connectivity index (χ2n) is 5.34. The number of hydrogen-bond acceptors (Lipinski definition) is 4. The van der Waals surface area contributed by atoms with Gasteiger partial charge in [0.1, 0.15) is 18.4 Å². The van der Waals surface area contributed by atoms with E-state index < -0.39 is 0 Å². The molecule has 1 N–H and O–H groups in total. The number of aryl methyl sites for hydroxylation is 1. The lowest BCUT2D eigenvalue weighted by Gasteiger charge is -2.21. The first-order valence-corrected chi connectivity index (χ1v) is 8.37. The second kappa shape index (κ2) is 6.87. The minimum absolute atomic E-state index is 0.0339. The molecule has 1 aliphatic heterocycles. The zero-order valence-corrected chi connectivity index (χ0v) is 13.6. The number of nitrogens with one attached hydrogen (secondary N) is 1. The molecule has 2 heterocycles. The van der Waals surface area contributed by atoms with Crippen molar-refractivity contribution in [1.82, 2.24) is 19.8 Å². The third kappa shape index (κ3) is 3.56. The molecule has 2 aromatic rings. The van der Waals surface area contributed by atoms with Gasteiger partial charge in [-0.3, -0.25) is 9.59 Å². The van der Waals surface area contributed by atoms with Crippen molar-refractivity contribution in [2.45, 2.75) is 6.04 Å². The Morgan fingerprint density at radius 3 is 2.78 bits per heavy atom. The van der Waals surface area contributed by atoms with Gasteiger partial charge in [0.25, 0.3) is 5.24 Å². The Bertz CT molecular complexity index is 701. The van der Waals surface area contributed by atoms with Gasteiger partial charge in [0.05, 0.1) is 0 Å². The third-order valence-electron chi connectivity index (χ3n) is 3.73. The first-order chi connectivity index (χ1) is 11.1. The molecule has 7 heteroatoms. The molecule has 0 aliphatic carbocycles. The van der Waals surface area contributed by atoms with Crippen LogP contribution in [0.25, 0.3) is 0 Å². The maximum absolute atomic E-state index is 12.4. The van der Waals surface area contributed by atoms with Crippen molar-refractivity contribution >= 4 is 22.9 Å². The fraction of sp³-hybridized carbons (Fsp3) is 0.312. The lowest BCUT2D eigenvalue weighted by Crippen LogP contribution is -2.39. The lowest BCUT2D eigenvalue weighted by atomic mass is 10.1. The van der Waals surface area contributed by atoms with Crippen molar-refractivity contribution in [3.8, 4) is 0 Å². The van der Waals surface area contributed by atoms with E-state index in [1.54, 1.807) is 11.1 Å². The summed E-state index contributed by atoms with van der Waals surface area (Å²) in [6.07, 6.45) is 3.55. The highest BCUT2D eigenvalue weighted by atomic mass is 32.2. The molecule has 1 unspecified atom stereocenters. The van der Waals surface area contributed by atoms with Gasteiger partial charge in [-0.2, -0.15) is 0 Å². The Morgan fingerprint density at radius 2 is 2.17 bits per heavy atom. The molecular weight excluding hydrogens is 312 g/mol. The quantitative estimate of drug-likeness (QED) is 0.908. The van der Waals surface area contributed by atoms with E-state index in [-0.39, 0.29) is 23.7 Å². The van der Waals surface area contributed by atoms with Crippen molar-refractivity contribution in [1.29, 1.82) is 0 Å². The Hall–Kier alpha value is -2.28. The van der Waals surface area contributed by atoms with Crippen LogP contribution >= 0.6 is 11.8 Å². The molecule has 120 valence electrons. The summed E-state index contributed by atoms with van der Waals surface area (Å²) >= 11 is 1.25. The van der Waals surface area contributed by atoms with Crippen LogP contribution in [0.5, 0.6) is 0 Å². The number of amides is 2. The van der Waals surface area contributed by atoms with Crippen LogP contribution in [0, 0.1) is 0 Å². The van der Waals surface area contributed by atoms with Gasteiger partial charge in [-0.25, -0.2) is 4.98 Å². The predicted octanol–water partition coefficient (Wildman–Crippen LogP) is 1.79. The molecule has 1 atom stereocenters. The van der Waals surface area contributed by atoms with Gasteiger partial charge in [-0.15, -0.1) is 0 Å². The SMILES string of the molecule is Cn1ccnc1C(NC(=O)CN1CCSC1=O)c1ccccc1. The largest absolute Gasteiger partial charge is 0.341 e. The van der Waals surface area contributed by atoms with E-state index in [1.165, 1.54) is 11.8 Å².